The Morgan fingerprint density at radius 1 is 1.33 bits per heavy atom. The zero-order valence-electron chi connectivity index (χ0n) is 6.81. The third kappa shape index (κ3) is 53.8. The Morgan fingerprint density at radius 3 is 1.56 bits per heavy atom. The minimum absolute atomic E-state index is 0. The van der Waals surface area contributed by atoms with Crippen molar-refractivity contribution in [3.63, 3.8) is 0 Å². The maximum atomic E-state index is 3.60. The second-order valence-electron chi connectivity index (χ2n) is 1.67. The van der Waals surface area contributed by atoms with Crippen LogP contribution in [0.2, 0.25) is 0 Å². The molecule has 0 heterocycles. The first-order valence-electron chi connectivity index (χ1n) is 3.40. The van der Waals surface area contributed by atoms with Crippen LogP contribution in [0.25, 0.3) is 0 Å². The molecule has 0 N–H and O–H groups in total. The molecule has 0 aromatic rings. The third-order valence-electron chi connectivity index (χ3n) is 0.762. The van der Waals surface area contributed by atoms with Crippen molar-refractivity contribution in [1.29, 1.82) is 0 Å². The van der Waals surface area contributed by atoms with E-state index in [1.807, 2.05) is 0 Å². The molecule has 0 aliphatic rings. The molecule has 56 valence electrons. The van der Waals surface area contributed by atoms with Crippen molar-refractivity contribution in [3.8, 4) is 0 Å². The van der Waals surface area contributed by atoms with Crippen LogP contribution in [0, 0.1) is 13.3 Å². The van der Waals surface area contributed by atoms with Crippen LogP contribution in [0.15, 0.2) is 0 Å². The van der Waals surface area contributed by atoms with Gasteiger partial charge in [-0.1, -0.05) is 20.3 Å². The Morgan fingerprint density at radius 2 is 1.56 bits per heavy atom. The Bertz CT molecular complexity index is 12.5. The van der Waals surface area contributed by atoms with E-state index in [0.717, 1.165) is 6.42 Å². The molecule has 0 fully saturated rings. The van der Waals surface area contributed by atoms with E-state index in [-0.39, 0.29) is 21.1 Å². The van der Waals surface area contributed by atoms with Crippen LogP contribution in [0.3, 0.4) is 0 Å². The quantitative estimate of drug-likeness (QED) is 0.687. The molecule has 0 aromatic carbocycles. The fourth-order valence-electron chi connectivity index (χ4n) is 0. The van der Waals surface area contributed by atoms with E-state index in [9.17, 15) is 0 Å². The van der Waals surface area contributed by atoms with Gasteiger partial charge in [0.15, 0.2) is 0 Å². The molecule has 0 saturated carbocycles. The second-order valence-corrected chi connectivity index (χ2v) is 1.67. The molecule has 0 amide bonds. The van der Waals surface area contributed by atoms with Crippen LogP contribution in [0.1, 0.15) is 40.0 Å². The first-order valence-corrected chi connectivity index (χ1v) is 3.40. The molecule has 1 heteroatoms. The number of hydrogen-bond donors (Lipinski definition) is 0. The van der Waals surface area contributed by atoms with Gasteiger partial charge >= 0.3 is 21.1 Å². The van der Waals surface area contributed by atoms with Gasteiger partial charge in [-0.25, -0.2) is 0 Å². The normalized spacial score (nSPS) is 6.67. The SMILES string of the molecule is C[CH-]CC.[CH2-]CCC.[W+2]. The summed E-state index contributed by atoms with van der Waals surface area (Å²) in [6, 6.07) is 0. The van der Waals surface area contributed by atoms with Gasteiger partial charge in [0.2, 0.25) is 0 Å². The Labute approximate surface area is 74.7 Å². The minimum Gasteiger partial charge on any atom is -0.343 e. The largest absolute Gasteiger partial charge is 2.00 e. The zero-order chi connectivity index (χ0) is 6.83. The molecule has 0 aliphatic heterocycles. The summed E-state index contributed by atoms with van der Waals surface area (Å²) >= 11 is 0. The summed E-state index contributed by atoms with van der Waals surface area (Å²) in [7, 11) is 0. The molecular formula is C8H18W. The minimum atomic E-state index is 0. The van der Waals surface area contributed by atoms with Gasteiger partial charge in [-0.05, 0) is 0 Å². The van der Waals surface area contributed by atoms with Crippen LogP contribution in [0.5, 0.6) is 0 Å². The van der Waals surface area contributed by atoms with Gasteiger partial charge in [-0.2, -0.15) is 19.8 Å². The molecule has 0 aliphatic carbocycles. The van der Waals surface area contributed by atoms with E-state index in [1.165, 1.54) is 12.8 Å². The van der Waals surface area contributed by atoms with Gasteiger partial charge in [-0.3, -0.25) is 0 Å². The van der Waals surface area contributed by atoms with Crippen molar-refractivity contribution in [2.75, 3.05) is 0 Å². The van der Waals surface area contributed by atoms with Crippen molar-refractivity contribution in [2.24, 2.45) is 0 Å². The summed E-state index contributed by atoms with van der Waals surface area (Å²) in [6.07, 6.45) is 5.60. The molecular weight excluding hydrogens is 280 g/mol. The molecule has 0 radical (unpaired) electrons. The van der Waals surface area contributed by atoms with Crippen LogP contribution in [-0.4, -0.2) is 0 Å². The molecule has 0 rings (SSSR count). The van der Waals surface area contributed by atoms with Crippen molar-refractivity contribution in [2.45, 2.75) is 40.0 Å². The van der Waals surface area contributed by atoms with Gasteiger partial charge in [-0.15, -0.1) is 0 Å². The molecule has 0 aromatic heterocycles. The summed E-state index contributed by atoms with van der Waals surface area (Å²) in [5.74, 6) is 0. The number of rotatable bonds is 2. The number of hydrogen-bond acceptors (Lipinski definition) is 0. The van der Waals surface area contributed by atoms with Crippen LogP contribution in [-0.2, 0) is 21.1 Å². The van der Waals surface area contributed by atoms with E-state index >= 15 is 0 Å². The van der Waals surface area contributed by atoms with E-state index in [2.05, 4.69) is 34.1 Å². The van der Waals surface area contributed by atoms with Crippen molar-refractivity contribution < 1.29 is 21.1 Å². The smallest absolute Gasteiger partial charge is 0.343 e. The van der Waals surface area contributed by atoms with Crippen LogP contribution >= 0.6 is 0 Å². The standard InChI is InChI=1S/2C4H9.W/c2*1-3-4-2;/h3H,4H2,1-2H3;1,3-4H2,2H3;/q2*-1;+2. The second kappa shape index (κ2) is 23.4. The maximum absolute atomic E-state index is 3.60. The van der Waals surface area contributed by atoms with Crippen molar-refractivity contribution in [3.05, 3.63) is 13.3 Å². The first-order chi connectivity index (χ1) is 3.83. The fraction of sp³-hybridized carbons (Fsp3) is 0.750. The van der Waals surface area contributed by atoms with E-state index in [1.54, 1.807) is 0 Å². The fourth-order valence-corrected chi connectivity index (χ4v) is 0. The topological polar surface area (TPSA) is 0 Å². The van der Waals surface area contributed by atoms with Crippen LogP contribution < -0.4 is 0 Å². The molecule has 0 saturated heterocycles. The van der Waals surface area contributed by atoms with Crippen LogP contribution in [0.4, 0.5) is 0 Å². The average molecular weight is 298 g/mol. The summed E-state index contributed by atoms with van der Waals surface area (Å²) in [4.78, 5) is 0. The van der Waals surface area contributed by atoms with Gasteiger partial charge in [0.05, 0.1) is 0 Å². The van der Waals surface area contributed by atoms with E-state index in [0.29, 0.717) is 0 Å². The van der Waals surface area contributed by atoms with Crippen molar-refractivity contribution >= 4 is 0 Å². The summed E-state index contributed by atoms with van der Waals surface area (Å²) < 4.78 is 0. The molecule has 0 unspecified atom stereocenters. The zero-order valence-corrected chi connectivity index (χ0v) is 9.75. The molecule has 0 nitrogen and oxygen atoms in total. The molecule has 0 spiro atoms. The number of unbranched alkanes of at least 4 members (excludes halogenated alkanes) is 2. The Hall–Kier alpha value is 0.688. The maximum Gasteiger partial charge on any atom is 2.00 e. The average Bonchev–Trinajstić information content (AvgIpc) is 1.88. The van der Waals surface area contributed by atoms with Gasteiger partial charge in [0, 0.05) is 0 Å². The summed E-state index contributed by atoms with van der Waals surface area (Å²) in [5, 5.41) is 0. The molecule has 9 heavy (non-hydrogen) atoms. The van der Waals surface area contributed by atoms with Gasteiger partial charge in [0.1, 0.15) is 0 Å². The predicted molar refractivity (Wildman–Crippen MR) is 40.5 cm³/mol. The van der Waals surface area contributed by atoms with Crippen molar-refractivity contribution in [1.82, 2.24) is 0 Å². The molecule has 0 bridgehead atoms. The Balaban J connectivity index is -0.0000000720. The Kier molecular flexibility index (Phi) is 42.4. The van der Waals surface area contributed by atoms with E-state index < -0.39 is 0 Å². The van der Waals surface area contributed by atoms with Gasteiger partial charge in [0.25, 0.3) is 0 Å². The van der Waals surface area contributed by atoms with Gasteiger partial charge < -0.3 is 13.3 Å². The third-order valence-corrected chi connectivity index (χ3v) is 0.762. The predicted octanol–water partition coefficient (Wildman–Crippen LogP) is 3.24. The molecule has 0 atom stereocenters. The monoisotopic (exact) mass is 298 g/mol. The summed E-state index contributed by atoms with van der Waals surface area (Å²) in [5.41, 5.74) is 0. The van der Waals surface area contributed by atoms with E-state index in [4.69, 9.17) is 0 Å². The summed E-state index contributed by atoms with van der Waals surface area (Å²) in [6.45, 7) is 9.90. The first kappa shape index (κ1) is 16.3.